The lowest BCUT2D eigenvalue weighted by Crippen LogP contribution is -2.00. The summed E-state index contributed by atoms with van der Waals surface area (Å²) in [5.74, 6) is 0.256. The number of halogens is 4. The molecule has 0 bridgehead atoms. The molecule has 3 aromatic heterocycles. The monoisotopic (exact) mass is 315 g/mol. The highest BCUT2D eigenvalue weighted by molar-refractivity contribution is 7.18. The third-order valence-electron chi connectivity index (χ3n) is 2.55. The molecule has 0 unspecified atom stereocenters. The van der Waals surface area contributed by atoms with Gasteiger partial charge in [-0.05, 0) is 18.2 Å². The number of hydrogen-bond donors (Lipinski definition) is 0. The number of fused-ring (bicyclic) bond motifs is 1. The number of nitrogens with zero attached hydrogens (tertiary/aromatic N) is 3. The van der Waals surface area contributed by atoms with Crippen molar-refractivity contribution in [3.05, 3.63) is 40.6 Å². The summed E-state index contributed by atoms with van der Waals surface area (Å²) < 4.78 is 38.1. The van der Waals surface area contributed by atoms with Crippen LogP contribution in [0, 0.1) is 0 Å². The summed E-state index contributed by atoms with van der Waals surface area (Å²) >= 11 is 6.49. The van der Waals surface area contributed by atoms with Crippen molar-refractivity contribution in [2.24, 2.45) is 0 Å². The molecule has 0 saturated carbocycles. The fourth-order valence-electron chi connectivity index (χ4n) is 1.65. The third kappa shape index (κ3) is 2.34. The zero-order chi connectivity index (χ0) is 14.3. The maximum atomic E-state index is 12.7. The van der Waals surface area contributed by atoms with E-state index in [0.717, 1.165) is 6.07 Å². The molecule has 0 aliphatic rings. The summed E-state index contributed by atoms with van der Waals surface area (Å²) in [6.07, 6.45) is -1.31. The van der Waals surface area contributed by atoms with Crippen LogP contribution in [-0.4, -0.2) is 15.0 Å². The van der Waals surface area contributed by atoms with E-state index in [0.29, 0.717) is 16.9 Å². The van der Waals surface area contributed by atoms with Gasteiger partial charge in [0.15, 0.2) is 5.82 Å². The van der Waals surface area contributed by atoms with Crippen molar-refractivity contribution in [1.29, 1.82) is 0 Å². The Bertz CT molecular complexity index is 771. The van der Waals surface area contributed by atoms with Crippen molar-refractivity contribution in [3.63, 3.8) is 0 Å². The van der Waals surface area contributed by atoms with Crippen LogP contribution in [0.4, 0.5) is 13.2 Å². The van der Waals surface area contributed by atoms with Crippen LogP contribution in [0.5, 0.6) is 0 Å². The molecule has 0 atom stereocenters. The van der Waals surface area contributed by atoms with Crippen LogP contribution in [0.15, 0.2) is 30.6 Å². The number of hydrogen-bond acceptors (Lipinski definition) is 4. The molecule has 0 aromatic carbocycles. The van der Waals surface area contributed by atoms with Crippen LogP contribution in [0.3, 0.4) is 0 Å². The van der Waals surface area contributed by atoms with Gasteiger partial charge in [0.1, 0.15) is 14.9 Å². The quantitative estimate of drug-likeness (QED) is 0.624. The van der Waals surface area contributed by atoms with Crippen molar-refractivity contribution in [2.75, 3.05) is 0 Å². The second-order valence-corrected chi connectivity index (χ2v) is 5.30. The summed E-state index contributed by atoms with van der Waals surface area (Å²) in [6.45, 7) is 0. The second kappa shape index (κ2) is 4.68. The van der Waals surface area contributed by atoms with E-state index in [-0.39, 0.29) is 21.2 Å². The van der Waals surface area contributed by atoms with Gasteiger partial charge in [-0.2, -0.15) is 13.2 Å². The molecule has 0 fully saturated rings. The average molecular weight is 316 g/mol. The highest BCUT2D eigenvalue weighted by Gasteiger charge is 2.33. The summed E-state index contributed by atoms with van der Waals surface area (Å²) in [7, 11) is 0. The number of thiophene rings is 1. The molecular weight excluding hydrogens is 311 g/mol. The van der Waals surface area contributed by atoms with Gasteiger partial charge in [0.25, 0.3) is 0 Å². The minimum atomic E-state index is -4.41. The molecule has 0 spiro atoms. The SMILES string of the molecule is FC(F)(F)c1cc2c(Cl)nc(-c3cccnc3)nc2s1. The average Bonchev–Trinajstić information content (AvgIpc) is 2.84. The number of alkyl halides is 3. The lowest BCUT2D eigenvalue weighted by atomic mass is 10.2. The van der Waals surface area contributed by atoms with Crippen molar-refractivity contribution in [3.8, 4) is 11.4 Å². The van der Waals surface area contributed by atoms with E-state index < -0.39 is 11.1 Å². The van der Waals surface area contributed by atoms with Gasteiger partial charge in [-0.3, -0.25) is 4.98 Å². The van der Waals surface area contributed by atoms with Gasteiger partial charge in [-0.25, -0.2) is 9.97 Å². The first kappa shape index (κ1) is 13.3. The molecule has 102 valence electrons. The highest BCUT2D eigenvalue weighted by atomic mass is 35.5. The topological polar surface area (TPSA) is 38.7 Å². The Balaban J connectivity index is 2.19. The van der Waals surface area contributed by atoms with Crippen LogP contribution < -0.4 is 0 Å². The zero-order valence-corrected chi connectivity index (χ0v) is 11.2. The minimum Gasteiger partial charge on any atom is -0.264 e. The second-order valence-electron chi connectivity index (χ2n) is 3.91. The zero-order valence-electron chi connectivity index (χ0n) is 9.65. The Morgan fingerprint density at radius 2 is 2.00 bits per heavy atom. The molecule has 20 heavy (non-hydrogen) atoms. The number of aromatic nitrogens is 3. The molecule has 3 aromatic rings. The van der Waals surface area contributed by atoms with E-state index in [1.54, 1.807) is 18.3 Å². The van der Waals surface area contributed by atoms with E-state index in [1.807, 2.05) is 0 Å². The first-order chi connectivity index (χ1) is 9.45. The van der Waals surface area contributed by atoms with E-state index in [9.17, 15) is 13.2 Å². The van der Waals surface area contributed by atoms with Crippen LogP contribution in [0.2, 0.25) is 5.15 Å². The summed E-state index contributed by atoms with van der Waals surface area (Å²) in [4.78, 5) is 11.5. The predicted octanol–water partition coefficient (Wildman–Crippen LogP) is 4.43. The lowest BCUT2D eigenvalue weighted by molar-refractivity contribution is -0.134. The smallest absolute Gasteiger partial charge is 0.264 e. The van der Waals surface area contributed by atoms with Crippen LogP contribution in [0.1, 0.15) is 4.88 Å². The maximum Gasteiger partial charge on any atom is 0.425 e. The van der Waals surface area contributed by atoms with Crippen molar-refractivity contribution in [1.82, 2.24) is 15.0 Å². The fourth-order valence-corrected chi connectivity index (χ4v) is 2.83. The predicted molar refractivity (Wildman–Crippen MR) is 70.7 cm³/mol. The van der Waals surface area contributed by atoms with Crippen molar-refractivity contribution in [2.45, 2.75) is 6.18 Å². The Morgan fingerprint density at radius 1 is 1.20 bits per heavy atom. The Morgan fingerprint density at radius 3 is 2.65 bits per heavy atom. The van der Waals surface area contributed by atoms with Crippen LogP contribution in [-0.2, 0) is 6.18 Å². The Labute approximate surface area is 120 Å². The summed E-state index contributed by atoms with van der Waals surface area (Å²) in [5.41, 5.74) is 0.596. The Kier molecular flexibility index (Phi) is 3.10. The summed E-state index contributed by atoms with van der Waals surface area (Å²) in [6, 6.07) is 4.37. The number of rotatable bonds is 1. The molecule has 0 N–H and O–H groups in total. The molecule has 0 amide bonds. The molecule has 0 radical (unpaired) electrons. The number of pyridine rings is 1. The molecule has 8 heteroatoms. The molecule has 0 saturated heterocycles. The van der Waals surface area contributed by atoms with Gasteiger partial charge in [0.2, 0.25) is 0 Å². The van der Waals surface area contributed by atoms with Crippen molar-refractivity contribution >= 4 is 33.2 Å². The molecule has 3 nitrogen and oxygen atoms in total. The normalized spacial score (nSPS) is 12.0. The third-order valence-corrected chi connectivity index (χ3v) is 3.91. The van der Waals surface area contributed by atoms with Gasteiger partial charge in [0, 0.05) is 23.3 Å². The maximum absolute atomic E-state index is 12.7. The molecular formula is C12H5ClF3N3S. The van der Waals surface area contributed by atoms with Crippen LogP contribution in [0.25, 0.3) is 21.6 Å². The largest absolute Gasteiger partial charge is 0.425 e. The van der Waals surface area contributed by atoms with E-state index in [1.165, 1.54) is 6.20 Å². The van der Waals surface area contributed by atoms with Crippen LogP contribution >= 0.6 is 22.9 Å². The van der Waals surface area contributed by atoms with Gasteiger partial charge < -0.3 is 0 Å². The Hall–Kier alpha value is -1.73. The fraction of sp³-hybridized carbons (Fsp3) is 0.0833. The molecule has 0 aliphatic carbocycles. The van der Waals surface area contributed by atoms with Gasteiger partial charge in [0.05, 0.1) is 0 Å². The van der Waals surface area contributed by atoms with Gasteiger partial charge in [-0.1, -0.05) is 11.6 Å². The van der Waals surface area contributed by atoms with Gasteiger partial charge >= 0.3 is 6.18 Å². The molecule has 3 rings (SSSR count). The van der Waals surface area contributed by atoms with Crippen molar-refractivity contribution < 1.29 is 13.2 Å². The first-order valence-electron chi connectivity index (χ1n) is 5.40. The first-order valence-corrected chi connectivity index (χ1v) is 6.59. The molecule has 3 heterocycles. The highest BCUT2D eigenvalue weighted by Crippen LogP contribution is 2.39. The van der Waals surface area contributed by atoms with E-state index in [4.69, 9.17) is 11.6 Å². The molecule has 0 aliphatic heterocycles. The summed E-state index contributed by atoms with van der Waals surface area (Å²) in [5, 5.41) is 0.206. The standard InChI is InChI=1S/C12H5ClF3N3S/c13-9-7-4-8(12(14,15)16)20-11(7)19-10(18-9)6-2-1-3-17-5-6/h1-5H. The lowest BCUT2D eigenvalue weighted by Gasteiger charge is -2.00. The van der Waals surface area contributed by atoms with E-state index >= 15 is 0 Å². The minimum absolute atomic E-state index is 0.000558. The van der Waals surface area contributed by atoms with Gasteiger partial charge in [-0.15, -0.1) is 11.3 Å². The van der Waals surface area contributed by atoms with E-state index in [2.05, 4.69) is 15.0 Å².